The van der Waals surface area contributed by atoms with Crippen LogP contribution in [0.3, 0.4) is 0 Å². The Morgan fingerprint density at radius 2 is 1.62 bits per heavy atom. The Morgan fingerprint density at radius 3 is 2.38 bits per heavy atom. The fraction of sp³-hybridized carbons (Fsp3) is 1.00. The molecule has 16 heavy (non-hydrogen) atoms. The molecule has 0 aromatic heterocycles. The quantitative estimate of drug-likeness (QED) is 0.381. The summed E-state index contributed by atoms with van der Waals surface area (Å²) in [6, 6.07) is 0. The number of hydrogen-bond donors (Lipinski definition) is 0. The molecule has 0 radical (unpaired) electrons. The van der Waals surface area contributed by atoms with Gasteiger partial charge in [0.2, 0.25) is 0 Å². The van der Waals surface area contributed by atoms with Crippen molar-refractivity contribution in [1.82, 2.24) is 0 Å². The fourth-order valence-corrected chi connectivity index (χ4v) is 1.58. The average molecular weight is 230 g/mol. The van der Waals surface area contributed by atoms with Crippen LogP contribution in [-0.2, 0) is 14.2 Å². The van der Waals surface area contributed by atoms with Crippen molar-refractivity contribution in [2.24, 2.45) is 0 Å². The van der Waals surface area contributed by atoms with E-state index in [0.29, 0.717) is 12.7 Å². The van der Waals surface area contributed by atoms with E-state index in [1.807, 2.05) is 0 Å². The van der Waals surface area contributed by atoms with Crippen LogP contribution in [0.2, 0.25) is 0 Å². The highest BCUT2D eigenvalue weighted by Gasteiger charge is 2.21. The lowest BCUT2D eigenvalue weighted by Gasteiger charge is -2.04. The Bertz CT molecular complexity index is 146. The first kappa shape index (κ1) is 13.9. The lowest BCUT2D eigenvalue weighted by Crippen LogP contribution is -2.08. The van der Waals surface area contributed by atoms with Gasteiger partial charge in [0.15, 0.2) is 0 Å². The van der Waals surface area contributed by atoms with Gasteiger partial charge >= 0.3 is 0 Å². The van der Waals surface area contributed by atoms with Crippen molar-refractivity contribution in [1.29, 1.82) is 0 Å². The summed E-state index contributed by atoms with van der Waals surface area (Å²) in [7, 11) is 0. The minimum Gasteiger partial charge on any atom is -0.379 e. The van der Waals surface area contributed by atoms with Gasteiger partial charge in [0.25, 0.3) is 0 Å². The maximum Gasteiger partial charge on any atom is 0.104 e. The van der Waals surface area contributed by atoms with E-state index in [1.54, 1.807) is 0 Å². The van der Waals surface area contributed by atoms with E-state index in [-0.39, 0.29) is 0 Å². The summed E-state index contributed by atoms with van der Waals surface area (Å²) in [6.07, 6.45) is 8.29. The molecule has 1 saturated heterocycles. The zero-order valence-corrected chi connectivity index (χ0v) is 10.6. The smallest absolute Gasteiger partial charge is 0.104 e. The number of unbranched alkanes of at least 4 members (excludes halogenated alkanes) is 5. The number of ether oxygens (including phenoxy) is 3. The predicted molar refractivity (Wildman–Crippen MR) is 64.8 cm³/mol. The van der Waals surface area contributed by atoms with Crippen LogP contribution in [-0.4, -0.2) is 39.1 Å². The van der Waals surface area contributed by atoms with E-state index in [2.05, 4.69) is 6.92 Å². The molecule has 1 rings (SSSR count). The van der Waals surface area contributed by atoms with E-state index < -0.39 is 0 Å². The molecular formula is C13H26O3. The molecule has 3 heteroatoms. The zero-order chi connectivity index (χ0) is 11.5. The lowest BCUT2D eigenvalue weighted by atomic mass is 10.1. The SMILES string of the molecule is CCCCCCCCOCCOCC1CO1. The first-order valence-corrected chi connectivity index (χ1v) is 6.70. The van der Waals surface area contributed by atoms with Crippen LogP contribution in [0.1, 0.15) is 45.4 Å². The molecule has 0 saturated carbocycles. The molecule has 1 fully saturated rings. The highest BCUT2D eigenvalue weighted by atomic mass is 16.6. The van der Waals surface area contributed by atoms with E-state index >= 15 is 0 Å². The maximum absolute atomic E-state index is 5.48. The van der Waals surface area contributed by atoms with Crippen molar-refractivity contribution in [3.63, 3.8) is 0 Å². The molecule has 0 aromatic rings. The van der Waals surface area contributed by atoms with Gasteiger partial charge < -0.3 is 14.2 Å². The van der Waals surface area contributed by atoms with E-state index in [0.717, 1.165) is 26.4 Å². The summed E-state index contributed by atoms with van der Waals surface area (Å²) < 4.78 is 15.9. The summed E-state index contributed by atoms with van der Waals surface area (Å²) in [6.45, 7) is 6.17. The van der Waals surface area contributed by atoms with Crippen molar-refractivity contribution in [3.8, 4) is 0 Å². The molecule has 96 valence electrons. The Labute approximate surface area is 99.5 Å². The summed E-state index contributed by atoms with van der Waals surface area (Å²) in [5.41, 5.74) is 0. The standard InChI is InChI=1S/C13H26O3/c1-2-3-4-5-6-7-8-14-9-10-15-11-13-12-16-13/h13H,2-12H2,1H3. The molecule has 1 heterocycles. The van der Waals surface area contributed by atoms with Crippen LogP contribution in [0.5, 0.6) is 0 Å². The minimum atomic E-state index is 0.374. The van der Waals surface area contributed by atoms with Crippen molar-refractivity contribution in [2.45, 2.75) is 51.6 Å². The van der Waals surface area contributed by atoms with Gasteiger partial charge in [-0.3, -0.25) is 0 Å². The fourth-order valence-electron chi connectivity index (χ4n) is 1.58. The molecule has 1 unspecified atom stereocenters. The van der Waals surface area contributed by atoms with Crippen molar-refractivity contribution in [3.05, 3.63) is 0 Å². The molecular weight excluding hydrogens is 204 g/mol. The third-order valence-electron chi connectivity index (χ3n) is 2.72. The maximum atomic E-state index is 5.48. The van der Waals surface area contributed by atoms with Crippen molar-refractivity contribution < 1.29 is 14.2 Å². The van der Waals surface area contributed by atoms with E-state index in [9.17, 15) is 0 Å². The lowest BCUT2D eigenvalue weighted by molar-refractivity contribution is 0.0405. The summed E-state index contributed by atoms with van der Waals surface area (Å²) >= 11 is 0. The Balaban J connectivity index is 1.61. The molecule has 0 aromatic carbocycles. The van der Waals surface area contributed by atoms with Gasteiger partial charge in [0, 0.05) is 6.61 Å². The van der Waals surface area contributed by atoms with Crippen LogP contribution >= 0.6 is 0 Å². The predicted octanol–water partition coefficient (Wildman–Crippen LogP) is 2.78. The van der Waals surface area contributed by atoms with Gasteiger partial charge in [0.1, 0.15) is 6.10 Å². The Hall–Kier alpha value is -0.120. The van der Waals surface area contributed by atoms with Gasteiger partial charge in [-0.15, -0.1) is 0 Å². The van der Waals surface area contributed by atoms with Crippen LogP contribution in [0.4, 0.5) is 0 Å². The highest BCUT2D eigenvalue weighted by Crippen LogP contribution is 2.08. The van der Waals surface area contributed by atoms with Crippen molar-refractivity contribution in [2.75, 3.05) is 33.0 Å². The Morgan fingerprint density at radius 1 is 0.938 bits per heavy atom. The zero-order valence-electron chi connectivity index (χ0n) is 10.6. The molecule has 0 bridgehead atoms. The second kappa shape index (κ2) is 10.1. The number of epoxide rings is 1. The molecule has 1 aliphatic heterocycles. The largest absolute Gasteiger partial charge is 0.379 e. The molecule has 3 nitrogen and oxygen atoms in total. The third kappa shape index (κ3) is 9.13. The van der Waals surface area contributed by atoms with E-state index in [1.165, 1.54) is 38.5 Å². The Kier molecular flexibility index (Phi) is 8.77. The van der Waals surface area contributed by atoms with Gasteiger partial charge in [-0.05, 0) is 6.42 Å². The monoisotopic (exact) mass is 230 g/mol. The number of rotatable bonds is 12. The van der Waals surface area contributed by atoms with Gasteiger partial charge in [0.05, 0.1) is 26.4 Å². The van der Waals surface area contributed by atoms with Crippen LogP contribution < -0.4 is 0 Å². The minimum absolute atomic E-state index is 0.374. The normalized spacial score (nSPS) is 18.9. The molecule has 1 aliphatic rings. The van der Waals surface area contributed by atoms with Gasteiger partial charge in [-0.2, -0.15) is 0 Å². The molecule has 0 aliphatic carbocycles. The number of hydrogen-bond acceptors (Lipinski definition) is 3. The summed E-state index contributed by atoms with van der Waals surface area (Å²) in [5.74, 6) is 0. The first-order valence-electron chi connectivity index (χ1n) is 6.70. The van der Waals surface area contributed by atoms with Crippen LogP contribution in [0.25, 0.3) is 0 Å². The van der Waals surface area contributed by atoms with E-state index in [4.69, 9.17) is 14.2 Å². The molecule has 0 amide bonds. The van der Waals surface area contributed by atoms with Gasteiger partial charge in [-0.25, -0.2) is 0 Å². The molecule has 1 atom stereocenters. The van der Waals surface area contributed by atoms with Crippen LogP contribution in [0.15, 0.2) is 0 Å². The molecule has 0 spiro atoms. The first-order chi connectivity index (χ1) is 7.93. The second-order valence-corrected chi connectivity index (χ2v) is 4.41. The molecule has 0 N–H and O–H groups in total. The van der Waals surface area contributed by atoms with Gasteiger partial charge in [-0.1, -0.05) is 39.0 Å². The second-order valence-electron chi connectivity index (χ2n) is 4.41. The summed E-state index contributed by atoms with van der Waals surface area (Å²) in [5, 5.41) is 0. The summed E-state index contributed by atoms with van der Waals surface area (Å²) in [4.78, 5) is 0. The van der Waals surface area contributed by atoms with Crippen LogP contribution in [0, 0.1) is 0 Å². The van der Waals surface area contributed by atoms with Crippen molar-refractivity contribution >= 4 is 0 Å². The average Bonchev–Trinajstić information content (AvgIpc) is 3.10. The highest BCUT2D eigenvalue weighted by molar-refractivity contribution is 4.66. The topological polar surface area (TPSA) is 31.0 Å². The third-order valence-corrected chi connectivity index (χ3v) is 2.72.